The van der Waals surface area contributed by atoms with Crippen molar-refractivity contribution in [2.24, 2.45) is 0 Å². The highest BCUT2D eigenvalue weighted by Gasteiger charge is 2.21. The van der Waals surface area contributed by atoms with Gasteiger partial charge in [-0.2, -0.15) is 0 Å². The van der Waals surface area contributed by atoms with Crippen molar-refractivity contribution in [1.82, 2.24) is 4.98 Å². The van der Waals surface area contributed by atoms with Crippen molar-refractivity contribution in [2.45, 2.75) is 39.5 Å². The molecule has 1 heterocycles. The third-order valence-electron chi connectivity index (χ3n) is 4.88. The molecule has 1 heteroatoms. The molecule has 1 aliphatic rings. The lowest BCUT2D eigenvalue weighted by molar-refractivity contribution is 0.947. The fourth-order valence-electron chi connectivity index (χ4n) is 3.70. The minimum Gasteiger partial charge on any atom is -0.354 e. The second-order valence-electron chi connectivity index (χ2n) is 6.02. The predicted octanol–water partition coefficient (Wildman–Crippen LogP) is 5.06. The highest BCUT2D eigenvalue weighted by Crippen LogP contribution is 2.38. The molecule has 4 rings (SSSR count). The smallest absolute Gasteiger partial charge is 0.0500 e. The van der Waals surface area contributed by atoms with Gasteiger partial charge in [0.15, 0.2) is 0 Å². The topological polar surface area (TPSA) is 15.8 Å². The second kappa shape index (κ2) is 4.77. The predicted molar refractivity (Wildman–Crippen MR) is 89.9 cm³/mol. The van der Waals surface area contributed by atoms with Gasteiger partial charge < -0.3 is 4.98 Å². The van der Waals surface area contributed by atoms with Crippen LogP contribution in [-0.2, 0) is 25.7 Å². The van der Waals surface area contributed by atoms with E-state index in [0.717, 1.165) is 25.7 Å². The van der Waals surface area contributed by atoms with Crippen LogP contribution in [0.2, 0.25) is 0 Å². The Balaban J connectivity index is 2.05. The maximum absolute atomic E-state index is 3.74. The molecule has 0 saturated heterocycles. The summed E-state index contributed by atoms with van der Waals surface area (Å²) in [4.78, 5) is 3.74. The summed E-state index contributed by atoms with van der Waals surface area (Å²) >= 11 is 0. The van der Waals surface area contributed by atoms with Crippen LogP contribution in [-0.4, -0.2) is 4.98 Å². The molecular weight excluding hydrogens is 254 g/mol. The Morgan fingerprint density at radius 2 is 1.86 bits per heavy atom. The molecule has 0 fully saturated rings. The van der Waals surface area contributed by atoms with Crippen LogP contribution in [0.5, 0.6) is 0 Å². The molecular formula is C20H21N. The largest absolute Gasteiger partial charge is 0.354 e. The van der Waals surface area contributed by atoms with E-state index < -0.39 is 0 Å². The molecule has 0 aliphatic heterocycles. The van der Waals surface area contributed by atoms with Gasteiger partial charge in [-0.1, -0.05) is 44.2 Å². The summed E-state index contributed by atoms with van der Waals surface area (Å²) in [5.74, 6) is 0. The molecule has 0 amide bonds. The minimum absolute atomic E-state index is 1.09. The van der Waals surface area contributed by atoms with Gasteiger partial charge in [0.2, 0.25) is 0 Å². The zero-order chi connectivity index (χ0) is 14.4. The summed E-state index contributed by atoms with van der Waals surface area (Å²) in [6, 6.07) is 13.6. The second-order valence-corrected chi connectivity index (χ2v) is 6.02. The Bertz CT molecular complexity index is 823. The van der Waals surface area contributed by atoms with Gasteiger partial charge >= 0.3 is 0 Å². The molecule has 1 aliphatic carbocycles. The zero-order valence-electron chi connectivity index (χ0n) is 12.8. The first kappa shape index (κ1) is 12.7. The van der Waals surface area contributed by atoms with Gasteiger partial charge in [0.1, 0.15) is 0 Å². The lowest BCUT2D eigenvalue weighted by Gasteiger charge is -2.16. The van der Waals surface area contributed by atoms with E-state index in [2.05, 4.69) is 55.2 Å². The summed E-state index contributed by atoms with van der Waals surface area (Å²) in [5, 5.41) is 1.45. The molecule has 1 aromatic heterocycles. The van der Waals surface area contributed by atoms with Gasteiger partial charge in [-0.3, -0.25) is 0 Å². The number of hydrogen-bond donors (Lipinski definition) is 1. The highest BCUT2D eigenvalue weighted by molar-refractivity contribution is 5.94. The monoisotopic (exact) mass is 275 g/mol. The Hall–Kier alpha value is -2.02. The number of nitrogens with one attached hydrogen (secondary N) is 1. The molecule has 0 bridgehead atoms. The number of aryl methyl sites for hydroxylation is 4. The quantitative estimate of drug-likeness (QED) is 0.673. The van der Waals surface area contributed by atoms with Crippen LogP contribution >= 0.6 is 0 Å². The third kappa shape index (κ3) is 1.84. The molecule has 0 atom stereocenters. The van der Waals surface area contributed by atoms with E-state index in [-0.39, 0.29) is 0 Å². The first-order valence-electron chi connectivity index (χ1n) is 8.06. The fourth-order valence-corrected chi connectivity index (χ4v) is 3.70. The molecule has 1 nitrogen and oxygen atoms in total. The maximum Gasteiger partial charge on any atom is 0.0500 e. The zero-order valence-corrected chi connectivity index (χ0v) is 12.8. The van der Waals surface area contributed by atoms with Gasteiger partial charge in [0, 0.05) is 22.2 Å². The van der Waals surface area contributed by atoms with E-state index in [1.807, 2.05) is 0 Å². The van der Waals surface area contributed by atoms with Crippen molar-refractivity contribution >= 4 is 10.9 Å². The van der Waals surface area contributed by atoms with Gasteiger partial charge in [-0.15, -0.1) is 0 Å². The summed E-state index contributed by atoms with van der Waals surface area (Å²) in [6.07, 6.45) is 4.52. The van der Waals surface area contributed by atoms with Crippen molar-refractivity contribution in [3.63, 3.8) is 0 Å². The van der Waals surface area contributed by atoms with E-state index >= 15 is 0 Å². The van der Waals surface area contributed by atoms with Crippen molar-refractivity contribution in [2.75, 3.05) is 0 Å². The van der Waals surface area contributed by atoms with Crippen LogP contribution < -0.4 is 0 Å². The average Bonchev–Trinajstić information content (AvgIpc) is 2.93. The first-order valence-corrected chi connectivity index (χ1v) is 8.06. The van der Waals surface area contributed by atoms with Gasteiger partial charge in [-0.25, -0.2) is 0 Å². The molecule has 0 saturated carbocycles. The number of rotatable bonds is 2. The molecule has 2 aromatic carbocycles. The minimum atomic E-state index is 1.09. The SMILES string of the molecule is CCc1cc(CC)c2[nH]c3c(c2c1)CCc1ccccc1-3. The number of benzene rings is 2. The average molecular weight is 275 g/mol. The van der Waals surface area contributed by atoms with Crippen molar-refractivity contribution in [3.05, 3.63) is 58.7 Å². The van der Waals surface area contributed by atoms with Crippen LogP contribution in [0.1, 0.15) is 36.1 Å². The number of H-pyrrole nitrogens is 1. The summed E-state index contributed by atoms with van der Waals surface area (Å²) in [6.45, 7) is 4.50. The fraction of sp³-hybridized carbons (Fsp3) is 0.300. The van der Waals surface area contributed by atoms with Crippen molar-refractivity contribution in [3.8, 4) is 11.3 Å². The van der Waals surface area contributed by atoms with E-state index in [1.165, 1.54) is 44.4 Å². The lowest BCUT2D eigenvalue weighted by atomic mass is 9.88. The molecule has 0 unspecified atom stereocenters. The molecule has 0 spiro atoms. The van der Waals surface area contributed by atoms with Crippen LogP contribution in [0.3, 0.4) is 0 Å². The summed E-state index contributed by atoms with van der Waals surface area (Å²) in [5.41, 5.74) is 10.0. The summed E-state index contributed by atoms with van der Waals surface area (Å²) < 4.78 is 0. The Morgan fingerprint density at radius 1 is 1.00 bits per heavy atom. The van der Waals surface area contributed by atoms with Gasteiger partial charge in [0.25, 0.3) is 0 Å². The first-order chi connectivity index (χ1) is 10.3. The van der Waals surface area contributed by atoms with Crippen LogP contribution in [0, 0.1) is 0 Å². The van der Waals surface area contributed by atoms with Crippen LogP contribution in [0.15, 0.2) is 36.4 Å². The molecule has 0 radical (unpaired) electrons. The van der Waals surface area contributed by atoms with E-state index in [1.54, 1.807) is 0 Å². The van der Waals surface area contributed by atoms with E-state index in [0.29, 0.717) is 0 Å². The van der Waals surface area contributed by atoms with Crippen molar-refractivity contribution < 1.29 is 0 Å². The Labute approximate surface area is 126 Å². The standard InChI is InChI=1S/C20H21N/c1-3-13-11-14(4-2)19-18(12-13)17-10-9-15-7-5-6-8-16(15)20(17)21-19/h5-8,11-12,21H,3-4,9-10H2,1-2H3. The van der Waals surface area contributed by atoms with Gasteiger partial charge in [-0.05, 0) is 54.0 Å². The van der Waals surface area contributed by atoms with Crippen molar-refractivity contribution in [1.29, 1.82) is 0 Å². The van der Waals surface area contributed by atoms with E-state index in [9.17, 15) is 0 Å². The normalized spacial score (nSPS) is 13.2. The highest BCUT2D eigenvalue weighted by atomic mass is 14.7. The third-order valence-corrected chi connectivity index (χ3v) is 4.88. The Morgan fingerprint density at radius 3 is 2.67 bits per heavy atom. The summed E-state index contributed by atoms with van der Waals surface area (Å²) in [7, 11) is 0. The van der Waals surface area contributed by atoms with Crippen LogP contribution in [0.25, 0.3) is 22.2 Å². The van der Waals surface area contributed by atoms with E-state index in [4.69, 9.17) is 0 Å². The molecule has 21 heavy (non-hydrogen) atoms. The number of hydrogen-bond acceptors (Lipinski definition) is 0. The maximum atomic E-state index is 3.74. The molecule has 106 valence electrons. The van der Waals surface area contributed by atoms with Crippen LogP contribution in [0.4, 0.5) is 0 Å². The van der Waals surface area contributed by atoms with Gasteiger partial charge in [0.05, 0.1) is 0 Å². The molecule has 1 N–H and O–H groups in total. The number of aromatic amines is 1. The number of aromatic nitrogens is 1. The number of fused-ring (bicyclic) bond motifs is 5. The lowest BCUT2D eigenvalue weighted by Crippen LogP contribution is -2.02. The molecule has 3 aromatic rings. The Kier molecular flexibility index (Phi) is 2.88.